The number of carbonyl (C=O) groups is 2. The van der Waals surface area contributed by atoms with Crippen molar-refractivity contribution in [3.05, 3.63) is 64.1 Å². The van der Waals surface area contributed by atoms with Crippen LogP contribution in [0.2, 0.25) is 0 Å². The molecule has 0 heterocycles. The van der Waals surface area contributed by atoms with Crippen molar-refractivity contribution in [2.24, 2.45) is 5.10 Å². The summed E-state index contributed by atoms with van der Waals surface area (Å²) in [5.41, 5.74) is 3.81. The largest absolute Gasteiger partial charge is 0.423 e. The van der Waals surface area contributed by atoms with E-state index >= 15 is 0 Å². The van der Waals surface area contributed by atoms with Crippen LogP contribution in [0, 0.1) is 0 Å². The Labute approximate surface area is 180 Å². The van der Waals surface area contributed by atoms with Crippen LogP contribution in [-0.4, -0.2) is 18.1 Å². The molecule has 0 saturated carbocycles. The van der Waals surface area contributed by atoms with E-state index in [1.54, 1.807) is 48.7 Å². The van der Waals surface area contributed by atoms with Gasteiger partial charge in [-0.1, -0.05) is 51.2 Å². The monoisotopic (exact) mass is 458 g/mol. The third-order valence-corrected chi connectivity index (χ3v) is 5.04. The van der Waals surface area contributed by atoms with E-state index in [1.807, 2.05) is 6.07 Å². The summed E-state index contributed by atoms with van der Waals surface area (Å²) < 4.78 is 6.06. The second kappa shape index (κ2) is 12.9. The highest BCUT2D eigenvalue weighted by Gasteiger charge is 2.11. The molecule has 0 unspecified atom stereocenters. The van der Waals surface area contributed by atoms with Gasteiger partial charge in [0.2, 0.25) is 5.91 Å². The Morgan fingerprint density at radius 3 is 2.41 bits per heavy atom. The van der Waals surface area contributed by atoms with Gasteiger partial charge in [-0.05, 0) is 64.3 Å². The summed E-state index contributed by atoms with van der Waals surface area (Å²) >= 11 is 3.34. The van der Waals surface area contributed by atoms with Gasteiger partial charge in [0.05, 0.1) is 11.8 Å². The lowest BCUT2D eigenvalue weighted by Gasteiger charge is -2.06. The first-order valence-electron chi connectivity index (χ1n) is 9.99. The van der Waals surface area contributed by atoms with Crippen LogP contribution in [0.25, 0.3) is 0 Å². The van der Waals surface area contributed by atoms with Crippen molar-refractivity contribution in [3.63, 3.8) is 0 Å². The van der Waals surface area contributed by atoms with Crippen molar-refractivity contribution in [2.45, 2.75) is 51.9 Å². The standard InChI is InChI=1S/C23H27BrN2O3/c1-2-3-4-5-6-7-12-22(27)26-25-17-18-13-15-19(16-14-18)29-23(28)20-10-8-9-11-21(20)24/h8-11,13-17H,2-7,12H2,1H3,(H,26,27)/b25-17-. The van der Waals surface area contributed by atoms with Crippen LogP contribution in [0.5, 0.6) is 5.75 Å². The van der Waals surface area contributed by atoms with Gasteiger partial charge in [0.1, 0.15) is 5.75 Å². The number of unbranched alkanes of at least 4 members (excludes halogenated alkanes) is 5. The lowest BCUT2D eigenvalue weighted by Crippen LogP contribution is -2.16. The number of nitrogens with zero attached hydrogens (tertiary/aromatic N) is 1. The normalized spacial score (nSPS) is 10.8. The zero-order chi connectivity index (χ0) is 20.9. The summed E-state index contributed by atoms with van der Waals surface area (Å²) in [5, 5.41) is 3.98. The van der Waals surface area contributed by atoms with E-state index in [1.165, 1.54) is 25.7 Å². The number of hydrogen-bond donors (Lipinski definition) is 1. The Kier molecular flexibility index (Phi) is 10.1. The van der Waals surface area contributed by atoms with Crippen LogP contribution in [0.1, 0.15) is 67.8 Å². The number of esters is 1. The van der Waals surface area contributed by atoms with Crippen molar-refractivity contribution in [1.29, 1.82) is 0 Å². The minimum atomic E-state index is -0.430. The number of hydrogen-bond acceptors (Lipinski definition) is 4. The number of halogens is 1. The molecule has 0 aliphatic heterocycles. The average Bonchev–Trinajstić information content (AvgIpc) is 2.72. The Morgan fingerprint density at radius 2 is 1.69 bits per heavy atom. The summed E-state index contributed by atoms with van der Waals surface area (Å²) in [6.07, 6.45) is 8.94. The van der Waals surface area contributed by atoms with Crippen molar-refractivity contribution < 1.29 is 14.3 Å². The Morgan fingerprint density at radius 1 is 1.00 bits per heavy atom. The van der Waals surface area contributed by atoms with Gasteiger partial charge in [-0.25, -0.2) is 10.2 Å². The molecular formula is C23H27BrN2O3. The Balaban J connectivity index is 1.73. The third kappa shape index (κ3) is 8.60. The van der Waals surface area contributed by atoms with Crippen LogP contribution in [-0.2, 0) is 4.79 Å². The molecule has 0 aliphatic rings. The second-order valence-electron chi connectivity index (χ2n) is 6.75. The number of ether oxygens (including phenoxy) is 1. The second-order valence-corrected chi connectivity index (χ2v) is 7.60. The molecule has 1 amide bonds. The average molecular weight is 459 g/mol. The highest BCUT2D eigenvalue weighted by atomic mass is 79.9. The minimum Gasteiger partial charge on any atom is -0.423 e. The van der Waals surface area contributed by atoms with Gasteiger partial charge < -0.3 is 4.74 Å². The summed E-state index contributed by atoms with van der Waals surface area (Å²) in [7, 11) is 0. The zero-order valence-electron chi connectivity index (χ0n) is 16.7. The van der Waals surface area contributed by atoms with E-state index in [9.17, 15) is 9.59 Å². The quantitative estimate of drug-likeness (QED) is 0.150. The molecule has 29 heavy (non-hydrogen) atoms. The molecule has 2 rings (SSSR count). The van der Waals surface area contributed by atoms with Gasteiger partial charge in [-0.15, -0.1) is 0 Å². The SMILES string of the molecule is CCCCCCCCC(=O)N/N=C\c1ccc(OC(=O)c2ccccc2Br)cc1. The molecule has 2 aromatic rings. The summed E-state index contributed by atoms with van der Waals surface area (Å²) in [5.74, 6) is -0.0633. The van der Waals surface area contributed by atoms with Crippen LogP contribution in [0.3, 0.4) is 0 Å². The number of rotatable bonds is 11. The van der Waals surface area contributed by atoms with Gasteiger partial charge in [0.25, 0.3) is 0 Å². The van der Waals surface area contributed by atoms with Crippen LogP contribution < -0.4 is 10.2 Å². The molecule has 154 valence electrons. The minimum absolute atomic E-state index is 0.0734. The van der Waals surface area contributed by atoms with Crippen LogP contribution in [0.4, 0.5) is 0 Å². The molecule has 2 aromatic carbocycles. The zero-order valence-corrected chi connectivity index (χ0v) is 18.3. The highest BCUT2D eigenvalue weighted by Crippen LogP contribution is 2.19. The predicted molar refractivity (Wildman–Crippen MR) is 119 cm³/mol. The molecule has 0 aliphatic carbocycles. The first-order chi connectivity index (χ1) is 14.1. The lowest BCUT2D eigenvalue weighted by atomic mass is 10.1. The Hall–Kier alpha value is -2.47. The van der Waals surface area contributed by atoms with E-state index in [0.29, 0.717) is 22.2 Å². The van der Waals surface area contributed by atoms with Crippen LogP contribution >= 0.6 is 15.9 Å². The molecule has 0 atom stereocenters. The van der Waals surface area contributed by atoms with Crippen molar-refractivity contribution >= 4 is 34.0 Å². The van der Waals surface area contributed by atoms with E-state index in [2.05, 4.69) is 33.4 Å². The molecule has 0 spiro atoms. The van der Waals surface area contributed by atoms with Crippen molar-refractivity contribution in [2.75, 3.05) is 0 Å². The summed E-state index contributed by atoms with van der Waals surface area (Å²) in [6, 6.07) is 14.0. The maximum atomic E-state index is 12.2. The van der Waals surface area contributed by atoms with Gasteiger partial charge in [-0.2, -0.15) is 5.10 Å². The molecule has 1 N–H and O–H groups in total. The fourth-order valence-electron chi connectivity index (χ4n) is 2.71. The first-order valence-corrected chi connectivity index (χ1v) is 10.8. The molecule has 0 aromatic heterocycles. The van der Waals surface area contributed by atoms with Crippen LogP contribution in [0.15, 0.2) is 58.1 Å². The number of amides is 1. The van der Waals surface area contributed by atoms with E-state index in [4.69, 9.17) is 4.74 Å². The fraction of sp³-hybridized carbons (Fsp3) is 0.348. The van der Waals surface area contributed by atoms with E-state index in [-0.39, 0.29) is 5.91 Å². The molecule has 5 nitrogen and oxygen atoms in total. The topological polar surface area (TPSA) is 67.8 Å². The van der Waals surface area contributed by atoms with Gasteiger partial charge in [0, 0.05) is 10.9 Å². The van der Waals surface area contributed by atoms with Crippen molar-refractivity contribution in [3.8, 4) is 5.75 Å². The number of carbonyl (C=O) groups excluding carboxylic acids is 2. The van der Waals surface area contributed by atoms with Gasteiger partial charge in [-0.3, -0.25) is 4.79 Å². The Bertz CT molecular complexity index is 819. The smallest absolute Gasteiger partial charge is 0.344 e. The third-order valence-electron chi connectivity index (χ3n) is 4.34. The van der Waals surface area contributed by atoms with Gasteiger partial charge >= 0.3 is 5.97 Å². The molecule has 6 heteroatoms. The molecule has 0 bridgehead atoms. The number of benzene rings is 2. The summed E-state index contributed by atoms with van der Waals surface area (Å²) in [6.45, 7) is 2.19. The van der Waals surface area contributed by atoms with E-state index in [0.717, 1.165) is 18.4 Å². The van der Waals surface area contributed by atoms with E-state index < -0.39 is 5.97 Å². The maximum Gasteiger partial charge on any atom is 0.344 e. The number of nitrogens with one attached hydrogen (secondary N) is 1. The summed E-state index contributed by atoms with van der Waals surface area (Å²) in [4.78, 5) is 24.0. The molecule has 0 radical (unpaired) electrons. The first kappa shape index (κ1) is 22.8. The van der Waals surface area contributed by atoms with Crippen molar-refractivity contribution in [1.82, 2.24) is 5.43 Å². The maximum absolute atomic E-state index is 12.2. The lowest BCUT2D eigenvalue weighted by molar-refractivity contribution is -0.121. The fourth-order valence-corrected chi connectivity index (χ4v) is 3.16. The van der Waals surface area contributed by atoms with Gasteiger partial charge in [0.15, 0.2) is 0 Å². The highest BCUT2D eigenvalue weighted by molar-refractivity contribution is 9.10. The number of hydrazone groups is 1. The predicted octanol–water partition coefficient (Wildman–Crippen LogP) is 5.87. The molecule has 0 saturated heterocycles. The molecular weight excluding hydrogens is 432 g/mol. The molecule has 0 fully saturated rings.